The van der Waals surface area contributed by atoms with E-state index in [1.807, 2.05) is 62.4 Å². The summed E-state index contributed by atoms with van der Waals surface area (Å²) in [7, 11) is 1.60. The van der Waals surface area contributed by atoms with Crippen molar-refractivity contribution in [2.45, 2.75) is 19.9 Å². The number of hydrogen-bond acceptors (Lipinski definition) is 5. The molecule has 1 atom stereocenters. The number of benzene rings is 3. The predicted octanol–water partition coefficient (Wildman–Crippen LogP) is 5.89. The molecule has 176 valence electrons. The number of urea groups is 1. The highest BCUT2D eigenvalue weighted by molar-refractivity contribution is 6.01. The van der Waals surface area contributed by atoms with Gasteiger partial charge in [0.1, 0.15) is 11.6 Å². The zero-order valence-electron chi connectivity index (χ0n) is 19.4. The minimum Gasteiger partial charge on any atom is -0.497 e. The van der Waals surface area contributed by atoms with E-state index in [1.54, 1.807) is 24.1 Å². The van der Waals surface area contributed by atoms with Crippen molar-refractivity contribution in [1.29, 1.82) is 0 Å². The third-order valence-corrected chi connectivity index (χ3v) is 5.95. The molecule has 2 heterocycles. The number of halogens is 1. The maximum absolute atomic E-state index is 13.4. The van der Waals surface area contributed by atoms with Gasteiger partial charge in [-0.1, -0.05) is 29.4 Å². The van der Waals surface area contributed by atoms with Crippen LogP contribution in [0.2, 0.25) is 0 Å². The van der Waals surface area contributed by atoms with E-state index < -0.39 is 6.04 Å². The van der Waals surface area contributed by atoms with Crippen molar-refractivity contribution < 1.29 is 18.4 Å². The maximum atomic E-state index is 13.4. The number of carbonyl (C=O) groups is 1. The number of methoxy groups -OCH3 is 1. The summed E-state index contributed by atoms with van der Waals surface area (Å²) in [5.74, 6) is 0.948. The highest BCUT2D eigenvalue weighted by atomic mass is 19.1. The normalized spacial score (nSPS) is 15.8. The fourth-order valence-electron chi connectivity index (χ4n) is 4.19. The van der Waals surface area contributed by atoms with Crippen LogP contribution in [-0.2, 0) is 0 Å². The second kappa shape index (κ2) is 9.06. The summed E-state index contributed by atoms with van der Waals surface area (Å²) in [5.41, 5.74) is 4.53. The van der Waals surface area contributed by atoms with Crippen molar-refractivity contribution in [1.82, 2.24) is 15.5 Å². The van der Waals surface area contributed by atoms with Gasteiger partial charge in [-0.15, -0.1) is 0 Å². The van der Waals surface area contributed by atoms with E-state index in [1.165, 1.54) is 12.1 Å². The number of nitrogens with zero attached hydrogens (tertiary/aromatic N) is 3. The van der Waals surface area contributed by atoms with E-state index in [0.717, 1.165) is 16.8 Å². The van der Waals surface area contributed by atoms with Crippen molar-refractivity contribution in [3.63, 3.8) is 0 Å². The Labute approximate surface area is 201 Å². The molecule has 0 bridgehead atoms. The van der Waals surface area contributed by atoms with Crippen LogP contribution < -0.4 is 15.0 Å². The van der Waals surface area contributed by atoms with Gasteiger partial charge in [-0.3, -0.25) is 4.90 Å². The maximum Gasteiger partial charge on any atom is 0.326 e. The van der Waals surface area contributed by atoms with Gasteiger partial charge in [0.15, 0.2) is 0 Å². The molecule has 4 aromatic rings. The molecule has 0 aliphatic carbocycles. The highest BCUT2D eigenvalue weighted by Gasteiger charge is 2.36. The topological polar surface area (TPSA) is 80.5 Å². The summed E-state index contributed by atoms with van der Waals surface area (Å²) >= 11 is 0. The Hall–Kier alpha value is -4.46. The molecule has 2 amide bonds. The van der Waals surface area contributed by atoms with Gasteiger partial charge in [-0.05, 0) is 73.5 Å². The number of aryl methyl sites for hydroxylation is 1. The van der Waals surface area contributed by atoms with Crippen LogP contribution in [0.1, 0.15) is 30.0 Å². The van der Waals surface area contributed by atoms with E-state index >= 15 is 0 Å². The Morgan fingerprint density at radius 1 is 1.03 bits per heavy atom. The molecular formula is C27H23FN4O3. The molecule has 1 N–H and O–H groups in total. The molecule has 7 nitrogen and oxygen atoms in total. The third kappa shape index (κ3) is 4.26. The lowest BCUT2D eigenvalue weighted by molar-refractivity contribution is 0.244. The number of rotatable bonds is 5. The Morgan fingerprint density at radius 3 is 2.46 bits per heavy atom. The number of amides is 2. The van der Waals surface area contributed by atoms with Gasteiger partial charge >= 0.3 is 6.03 Å². The smallest absolute Gasteiger partial charge is 0.326 e. The molecule has 8 heteroatoms. The molecule has 35 heavy (non-hydrogen) atoms. The zero-order valence-corrected chi connectivity index (χ0v) is 19.4. The van der Waals surface area contributed by atoms with Crippen LogP contribution in [0.5, 0.6) is 5.75 Å². The van der Waals surface area contributed by atoms with Crippen LogP contribution in [-0.4, -0.2) is 23.3 Å². The summed E-state index contributed by atoms with van der Waals surface area (Å²) in [5, 5.41) is 7.20. The van der Waals surface area contributed by atoms with E-state index in [-0.39, 0.29) is 17.7 Å². The molecule has 5 rings (SSSR count). The number of allylic oxidation sites excluding steroid dienone is 1. The Balaban J connectivity index is 1.64. The van der Waals surface area contributed by atoms with Crippen molar-refractivity contribution in [2.24, 2.45) is 0 Å². The largest absolute Gasteiger partial charge is 0.497 e. The van der Waals surface area contributed by atoms with E-state index in [9.17, 15) is 9.18 Å². The fraction of sp³-hybridized carbons (Fsp3) is 0.148. The van der Waals surface area contributed by atoms with Crippen LogP contribution in [0.25, 0.3) is 17.0 Å². The molecule has 0 spiro atoms. The number of anilines is 1. The number of carbonyl (C=O) groups excluding carboxylic acids is 1. The minimum absolute atomic E-state index is 0.264. The summed E-state index contributed by atoms with van der Waals surface area (Å²) in [6.07, 6.45) is 0. The number of aromatic nitrogens is 2. The molecular weight excluding hydrogens is 447 g/mol. The van der Waals surface area contributed by atoms with Crippen LogP contribution in [0.15, 0.2) is 83.0 Å². The molecule has 1 unspecified atom stereocenters. The number of hydrogen-bond donors (Lipinski definition) is 1. The number of nitrogens with one attached hydrogen (secondary N) is 1. The quantitative estimate of drug-likeness (QED) is 0.393. The molecule has 0 saturated heterocycles. The second-order valence-electron chi connectivity index (χ2n) is 8.26. The van der Waals surface area contributed by atoms with Gasteiger partial charge in [0, 0.05) is 11.3 Å². The second-order valence-corrected chi connectivity index (χ2v) is 8.26. The van der Waals surface area contributed by atoms with Gasteiger partial charge < -0.3 is 14.6 Å². The molecule has 1 aliphatic rings. The van der Waals surface area contributed by atoms with E-state index in [2.05, 4.69) is 15.5 Å². The lowest BCUT2D eigenvalue weighted by Gasteiger charge is -2.35. The average molecular weight is 471 g/mol. The van der Waals surface area contributed by atoms with Crippen molar-refractivity contribution in [2.75, 3.05) is 12.0 Å². The summed E-state index contributed by atoms with van der Waals surface area (Å²) in [4.78, 5) is 19.5. The molecule has 3 aromatic carbocycles. The average Bonchev–Trinajstić information content (AvgIpc) is 3.34. The van der Waals surface area contributed by atoms with Crippen molar-refractivity contribution in [3.05, 3.63) is 101 Å². The fourth-order valence-corrected chi connectivity index (χ4v) is 4.19. The SMILES string of the molecule is COc1ccc(C2NC(=O)N(c3cccc(C)c3)C(C)=C2c2nc(-c3ccc(F)cc3)no2)cc1. The van der Waals surface area contributed by atoms with Crippen molar-refractivity contribution in [3.8, 4) is 17.1 Å². The zero-order chi connectivity index (χ0) is 24.5. The molecule has 1 aromatic heterocycles. The van der Waals surface area contributed by atoms with Crippen LogP contribution in [0.3, 0.4) is 0 Å². The lowest BCUT2D eigenvalue weighted by Crippen LogP contribution is -2.46. The van der Waals surface area contributed by atoms with E-state index in [4.69, 9.17) is 9.26 Å². The van der Waals surface area contributed by atoms with Gasteiger partial charge in [-0.2, -0.15) is 4.98 Å². The summed E-state index contributed by atoms with van der Waals surface area (Å²) in [6, 6.07) is 20.2. The summed E-state index contributed by atoms with van der Waals surface area (Å²) < 4.78 is 24.4. The first-order valence-corrected chi connectivity index (χ1v) is 11.1. The standard InChI is InChI=1S/C27H23FN4O3/c1-16-5-4-6-21(15-16)32-17(2)23(24(29-27(32)33)18-9-13-22(34-3)14-10-18)26-30-25(31-35-26)19-7-11-20(28)12-8-19/h4-15,24H,1-3H3,(H,29,33). The van der Waals surface area contributed by atoms with Gasteiger partial charge in [0.25, 0.3) is 5.89 Å². The van der Waals surface area contributed by atoms with E-state index in [0.29, 0.717) is 28.4 Å². The highest BCUT2D eigenvalue weighted by Crippen LogP contribution is 2.39. The Morgan fingerprint density at radius 2 is 1.77 bits per heavy atom. The Bertz CT molecular complexity index is 1410. The monoisotopic (exact) mass is 470 g/mol. The van der Waals surface area contributed by atoms with Crippen LogP contribution in [0.4, 0.5) is 14.9 Å². The minimum atomic E-state index is -0.531. The van der Waals surface area contributed by atoms with Gasteiger partial charge in [0.05, 0.1) is 24.4 Å². The summed E-state index contributed by atoms with van der Waals surface area (Å²) in [6.45, 7) is 3.83. The number of ether oxygens (including phenoxy) is 1. The van der Waals surface area contributed by atoms with Crippen LogP contribution in [0, 0.1) is 12.7 Å². The first kappa shape index (κ1) is 22.3. The first-order valence-electron chi connectivity index (χ1n) is 11.1. The molecule has 0 fully saturated rings. The van der Waals surface area contributed by atoms with Gasteiger partial charge in [-0.25, -0.2) is 9.18 Å². The lowest BCUT2D eigenvalue weighted by atomic mass is 9.94. The third-order valence-electron chi connectivity index (χ3n) is 5.95. The molecule has 0 radical (unpaired) electrons. The van der Waals surface area contributed by atoms with Gasteiger partial charge in [0.2, 0.25) is 5.82 Å². The predicted molar refractivity (Wildman–Crippen MR) is 130 cm³/mol. The first-order chi connectivity index (χ1) is 16.9. The Kier molecular flexibility index (Phi) is 5.78. The van der Waals surface area contributed by atoms with Crippen LogP contribution >= 0.6 is 0 Å². The molecule has 1 aliphatic heterocycles. The molecule has 0 saturated carbocycles. The van der Waals surface area contributed by atoms with Crippen molar-refractivity contribution >= 4 is 17.3 Å².